The first-order valence-corrected chi connectivity index (χ1v) is 7.06. The van der Waals surface area contributed by atoms with Crippen LogP contribution in [0, 0.1) is 11.3 Å². The summed E-state index contributed by atoms with van der Waals surface area (Å²) in [5.41, 5.74) is 1.45. The van der Waals surface area contributed by atoms with Crippen LogP contribution in [-0.4, -0.2) is 26.1 Å². The minimum Gasteiger partial charge on any atom is -0.497 e. The van der Waals surface area contributed by atoms with E-state index in [1.165, 1.54) is 13.3 Å². The molecule has 1 unspecified atom stereocenters. The number of benzene rings is 1. The molecular formula is C12H12N2O3S. The summed E-state index contributed by atoms with van der Waals surface area (Å²) < 4.78 is 29.4. The number of nitrogens with zero attached hydrogens (tertiary/aromatic N) is 2. The van der Waals surface area contributed by atoms with Gasteiger partial charge < -0.3 is 4.74 Å². The minimum absolute atomic E-state index is 0.595. The fourth-order valence-corrected chi connectivity index (χ4v) is 2.70. The van der Waals surface area contributed by atoms with Crippen molar-refractivity contribution in [2.45, 2.75) is 6.04 Å². The number of fused-ring (bicyclic) bond motifs is 1. The molecule has 1 aliphatic rings. The normalized spacial score (nSPS) is 18.1. The van der Waals surface area contributed by atoms with Crippen LogP contribution in [0.15, 0.2) is 24.4 Å². The summed E-state index contributed by atoms with van der Waals surface area (Å²) in [4.78, 5) is 0. The van der Waals surface area contributed by atoms with Crippen LogP contribution < -0.4 is 4.74 Å². The highest BCUT2D eigenvalue weighted by molar-refractivity contribution is 7.88. The smallest absolute Gasteiger partial charge is 0.233 e. The Morgan fingerprint density at radius 3 is 2.72 bits per heavy atom. The number of hydrogen-bond donors (Lipinski definition) is 0. The molecule has 0 spiro atoms. The summed E-state index contributed by atoms with van der Waals surface area (Å²) in [5, 5.41) is 9.20. The molecule has 0 N–H and O–H groups in total. The van der Waals surface area contributed by atoms with E-state index in [0.29, 0.717) is 11.3 Å². The third-order valence-corrected chi connectivity index (χ3v) is 3.85. The van der Waals surface area contributed by atoms with Gasteiger partial charge in [-0.3, -0.25) is 4.31 Å². The van der Waals surface area contributed by atoms with Crippen LogP contribution in [-0.2, 0) is 10.0 Å². The summed E-state index contributed by atoms with van der Waals surface area (Å²) in [6.45, 7) is 0. The van der Waals surface area contributed by atoms with Crippen molar-refractivity contribution in [2.75, 3.05) is 13.4 Å². The van der Waals surface area contributed by atoms with Crippen LogP contribution in [0.1, 0.15) is 17.2 Å². The highest BCUT2D eigenvalue weighted by Crippen LogP contribution is 2.33. The van der Waals surface area contributed by atoms with Crippen LogP contribution >= 0.6 is 0 Å². The molecule has 18 heavy (non-hydrogen) atoms. The number of sulfonamides is 1. The van der Waals surface area contributed by atoms with Crippen molar-refractivity contribution in [3.63, 3.8) is 0 Å². The monoisotopic (exact) mass is 264 g/mol. The van der Waals surface area contributed by atoms with E-state index in [2.05, 4.69) is 0 Å². The Labute approximate surface area is 106 Å². The van der Waals surface area contributed by atoms with Gasteiger partial charge in [-0.15, -0.1) is 0 Å². The summed E-state index contributed by atoms with van der Waals surface area (Å²) in [6, 6.07) is 6.41. The summed E-state index contributed by atoms with van der Waals surface area (Å²) in [6.07, 6.45) is 4.16. The summed E-state index contributed by atoms with van der Waals surface area (Å²) in [7, 11) is -1.94. The van der Waals surface area contributed by atoms with Gasteiger partial charge in [0.05, 0.1) is 19.4 Å². The molecule has 94 valence electrons. The molecule has 1 aromatic rings. The molecule has 0 amide bonds. The van der Waals surface area contributed by atoms with Crippen molar-refractivity contribution in [1.29, 1.82) is 5.26 Å². The zero-order valence-corrected chi connectivity index (χ0v) is 10.8. The lowest BCUT2D eigenvalue weighted by molar-refractivity contribution is 0.411. The standard InChI is InChI=1S/C12H12N2O3S/c1-17-10-4-3-9-5-6-14(18(2,15)16)12(8-13)11(9)7-10/h3-7,12H,1-2H3. The Balaban J connectivity index is 2.58. The lowest BCUT2D eigenvalue weighted by Gasteiger charge is -2.28. The molecule has 2 rings (SSSR count). The Morgan fingerprint density at radius 2 is 2.17 bits per heavy atom. The van der Waals surface area contributed by atoms with Gasteiger partial charge in [-0.1, -0.05) is 6.07 Å². The first-order chi connectivity index (χ1) is 8.47. The summed E-state index contributed by atoms with van der Waals surface area (Å²) >= 11 is 0. The average Bonchev–Trinajstić information content (AvgIpc) is 2.35. The van der Waals surface area contributed by atoms with E-state index < -0.39 is 16.1 Å². The third-order valence-electron chi connectivity index (χ3n) is 2.75. The van der Waals surface area contributed by atoms with E-state index >= 15 is 0 Å². The Hall–Kier alpha value is -2.00. The Kier molecular flexibility index (Phi) is 3.01. The molecule has 0 saturated heterocycles. The fourth-order valence-electron chi connectivity index (χ4n) is 1.87. The lowest BCUT2D eigenvalue weighted by Crippen LogP contribution is -2.30. The van der Waals surface area contributed by atoms with Gasteiger partial charge >= 0.3 is 0 Å². The molecule has 6 heteroatoms. The molecule has 1 atom stereocenters. The van der Waals surface area contributed by atoms with Gasteiger partial charge in [0.2, 0.25) is 10.0 Å². The first kappa shape index (κ1) is 12.5. The Bertz CT molecular complexity index is 644. The van der Waals surface area contributed by atoms with E-state index in [0.717, 1.165) is 16.1 Å². The van der Waals surface area contributed by atoms with Crippen molar-refractivity contribution < 1.29 is 13.2 Å². The molecule has 1 aliphatic heterocycles. The van der Waals surface area contributed by atoms with Gasteiger partial charge in [0.1, 0.15) is 5.75 Å². The predicted molar refractivity (Wildman–Crippen MR) is 67.1 cm³/mol. The second-order valence-corrected chi connectivity index (χ2v) is 5.82. The van der Waals surface area contributed by atoms with E-state index in [1.54, 1.807) is 24.3 Å². The first-order valence-electron chi connectivity index (χ1n) is 5.21. The molecule has 0 aromatic heterocycles. The number of ether oxygens (including phenoxy) is 1. The second kappa shape index (κ2) is 4.35. The van der Waals surface area contributed by atoms with Crippen molar-refractivity contribution in [3.8, 4) is 11.8 Å². The number of hydrogen-bond acceptors (Lipinski definition) is 4. The third kappa shape index (κ3) is 2.05. The predicted octanol–water partition coefficient (Wildman–Crippen LogP) is 1.51. The van der Waals surface area contributed by atoms with Gasteiger partial charge in [-0.05, 0) is 23.8 Å². The van der Waals surface area contributed by atoms with E-state index in [9.17, 15) is 13.7 Å². The lowest BCUT2D eigenvalue weighted by atomic mass is 9.98. The van der Waals surface area contributed by atoms with Crippen molar-refractivity contribution >= 4 is 16.1 Å². The molecule has 5 nitrogen and oxygen atoms in total. The number of rotatable bonds is 2. The van der Waals surface area contributed by atoms with Crippen molar-refractivity contribution in [1.82, 2.24) is 4.31 Å². The minimum atomic E-state index is -3.47. The van der Waals surface area contributed by atoms with E-state index in [1.807, 2.05) is 6.07 Å². The van der Waals surface area contributed by atoms with Gasteiger partial charge in [0, 0.05) is 11.8 Å². The van der Waals surface area contributed by atoms with Crippen molar-refractivity contribution in [2.24, 2.45) is 0 Å². The highest BCUT2D eigenvalue weighted by atomic mass is 32.2. The highest BCUT2D eigenvalue weighted by Gasteiger charge is 2.29. The zero-order valence-electron chi connectivity index (χ0n) is 9.99. The molecule has 1 aromatic carbocycles. The van der Waals surface area contributed by atoms with Gasteiger partial charge in [-0.2, -0.15) is 5.26 Å². The van der Waals surface area contributed by atoms with E-state index in [-0.39, 0.29) is 0 Å². The van der Waals surface area contributed by atoms with E-state index in [4.69, 9.17) is 4.74 Å². The zero-order chi connectivity index (χ0) is 13.3. The quantitative estimate of drug-likeness (QED) is 0.811. The van der Waals surface area contributed by atoms with Crippen LogP contribution in [0.25, 0.3) is 6.08 Å². The van der Waals surface area contributed by atoms with Gasteiger partial charge in [0.15, 0.2) is 6.04 Å². The summed E-state index contributed by atoms with van der Waals surface area (Å²) in [5.74, 6) is 0.595. The van der Waals surface area contributed by atoms with Gasteiger partial charge in [-0.25, -0.2) is 8.42 Å². The molecule has 1 heterocycles. The maximum absolute atomic E-state index is 11.6. The SMILES string of the molecule is COc1ccc2c(c1)C(C#N)N(S(C)(=O)=O)C=C2. The largest absolute Gasteiger partial charge is 0.497 e. The van der Waals surface area contributed by atoms with Gasteiger partial charge in [0.25, 0.3) is 0 Å². The number of methoxy groups -OCH3 is 1. The van der Waals surface area contributed by atoms with Crippen LogP contribution in [0.4, 0.5) is 0 Å². The molecule has 0 aliphatic carbocycles. The molecule has 0 fully saturated rings. The van der Waals surface area contributed by atoms with Crippen LogP contribution in [0.2, 0.25) is 0 Å². The van der Waals surface area contributed by atoms with Crippen molar-refractivity contribution in [3.05, 3.63) is 35.5 Å². The fraction of sp³-hybridized carbons (Fsp3) is 0.250. The molecule has 0 bridgehead atoms. The average molecular weight is 264 g/mol. The van der Waals surface area contributed by atoms with Crippen LogP contribution in [0.3, 0.4) is 0 Å². The number of nitriles is 1. The molecule has 0 saturated carbocycles. The van der Waals surface area contributed by atoms with Crippen LogP contribution in [0.5, 0.6) is 5.75 Å². The molecule has 0 radical (unpaired) electrons. The topological polar surface area (TPSA) is 70.4 Å². The second-order valence-electron chi connectivity index (χ2n) is 3.94. The molecular weight excluding hydrogens is 252 g/mol. The maximum Gasteiger partial charge on any atom is 0.233 e. The maximum atomic E-state index is 11.6. The Morgan fingerprint density at radius 1 is 1.44 bits per heavy atom.